The highest BCUT2D eigenvalue weighted by atomic mass is 32.1. The van der Waals surface area contributed by atoms with Crippen molar-refractivity contribution in [3.05, 3.63) is 46.0 Å². The first-order chi connectivity index (χ1) is 20.0. The van der Waals surface area contributed by atoms with E-state index in [9.17, 15) is 14.7 Å². The van der Waals surface area contributed by atoms with E-state index in [1.165, 1.54) is 10.4 Å². The minimum atomic E-state index is -0.616. The normalized spacial score (nSPS) is 28.7. The van der Waals surface area contributed by atoms with Gasteiger partial charge in [-0.25, -0.2) is 4.98 Å². The van der Waals surface area contributed by atoms with Crippen LogP contribution in [0.1, 0.15) is 66.0 Å². The van der Waals surface area contributed by atoms with E-state index in [1.54, 1.807) is 23.3 Å². The van der Waals surface area contributed by atoms with Crippen LogP contribution in [0, 0.1) is 35.5 Å². The summed E-state index contributed by atoms with van der Waals surface area (Å²) in [7, 11) is 3.88. The van der Waals surface area contributed by atoms with Crippen molar-refractivity contribution in [2.24, 2.45) is 23.2 Å². The highest BCUT2D eigenvalue weighted by Gasteiger charge is 2.54. The topological polar surface area (TPSA) is 89.0 Å². The first-order valence-electron chi connectivity index (χ1n) is 15.2. The van der Waals surface area contributed by atoms with Crippen LogP contribution in [0.25, 0.3) is 0 Å². The molecule has 1 aliphatic heterocycles. The highest BCUT2D eigenvalue weighted by Crippen LogP contribution is 2.57. The summed E-state index contributed by atoms with van der Waals surface area (Å²) in [4.78, 5) is 38.6. The summed E-state index contributed by atoms with van der Waals surface area (Å²) >= 11 is 1.55. The number of terminal acetylenes is 1. The van der Waals surface area contributed by atoms with E-state index in [-0.39, 0.29) is 47.4 Å². The molecule has 8 nitrogen and oxygen atoms in total. The van der Waals surface area contributed by atoms with E-state index < -0.39 is 6.10 Å². The number of fused-ring (bicyclic) bond motifs is 2. The standard InChI is InChI=1S/C33H45N5O3S/c1-7-14-37(6)31(41)21(2)25-12-13-33(4)19-26-28(22(3)27(33)29(25)39)34-32(42-26)35-30(40)24-10-8-23(9-11-24)20-38-17-15-36(5)16-18-38/h1,8-11,21-22,25,27,29,39H,12-20H2,2-6H3,(H,34,35,40)/t21-,22-,25-,27+,29-,33+/m0/s1. The Morgan fingerprint density at radius 1 is 1.26 bits per heavy atom. The molecule has 2 aliphatic carbocycles. The van der Waals surface area contributed by atoms with E-state index in [0.717, 1.165) is 57.7 Å². The maximum absolute atomic E-state index is 13.1. The molecule has 3 aliphatic rings. The molecule has 226 valence electrons. The Morgan fingerprint density at radius 3 is 2.62 bits per heavy atom. The van der Waals surface area contributed by atoms with Gasteiger partial charge in [0.25, 0.3) is 5.91 Å². The molecule has 2 fully saturated rings. The van der Waals surface area contributed by atoms with Crippen molar-refractivity contribution in [3.8, 4) is 12.3 Å². The zero-order valence-corrected chi connectivity index (χ0v) is 26.4. The molecule has 5 rings (SSSR count). The molecule has 1 saturated heterocycles. The molecule has 2 aromatic rings. The van der Waals surface area contributed by atoms with Gasteiger partial charge in [-0.05, 0) is 61.3 Å². The van der Waals surface area contributed by atoms with Gasteiger partial charge >= 0.3 is 0 Å². The fourth-order valence-electron chi connectivity index (χ4n) is 7.54. The number of thiazole rings is 1. The SMILES string of the molecule is C#CCN(C)C(=O)[C@@H](C)[C@@H]1CC[C@]2(C)Cc3sc(NC(=O)c4ccc(CN5CCN(C)CC5)cc4)nc3[C@@H](C)[C@@H]2[C@H]1O. The molecule has 2 amide bonds. The van der Waals surface area contributed by atoms with Crippen LogP contribution in [-0.2, 0) is 17.8 Å². The molecule has 0 radical (unpaired) electrons. The molecule has 0 spiro atoms. The molecule has 0 bridgehead atoms. The van der Waals surface area contributed by atoms with Gasteiger partial charge < -0.3 is 14.9 Å². The lowest BCUT2D eigenvalue weighted by molar-refractivity contribution is -0.142. The monoisotopic (exact) mass is 591 g/mol. The third kappa shape index (κ3) is 6.14. The van der Waals surface area contributed by atoms with Gasteiger partial charge in [-0.3, -0.25) is 19.8 Å². The molecule has 9 heteroatoms. The number of anilines is 1. The second kappa shape index (κ2) is 12.5. The van der Waals surface area contributed by atoms with Crippen LogP contribution in [0.3, 0.4) is 0 Å². The Kier molecular flexibility index (Phi) is 9.10. The summed E-state index contributed by atoms with van der Waals surface area (Å²) in [6.07, 6.45) is 7.34. The minimum Gasteiger partial charge on any atom is -0.392 e. The first kappa shape index (κ1) is 30.7. The fourth-order valence-corrected chi connectivity index (χ4v) is 8.80. The molecule has 2 N–H and O–H groups in total. The Bertz CT molecular complexity index is 1330. The van der Waals surface area contributed by atoms with Gasteiger partial charge in [-0.2, -0.15) is 0 Å². The lowest BCUT2D eigenvalue weighted by Gasteiger charge is -2.53. The number of hydrogen-bond acceptors (Lipinski definition) is 7. The van der Waals surface area contributed by atoms with Crippen molar-refractivity contribution in [1.82, 2.24) is 19.7 Å². The first-order valence-corrected chi connectivity index (χ1v) is 16.0. The minimum absolute atomic E-state index is 0.0121. The summed E-state index contributed by atoms with van der Waals surface area (Å²) in [6, 6.07) is 7.88. The number of carbonyl (C=O) groups excluding carboxylic acids is 2. The van der Waals surface area contributed by atoms with Crippen LogP contribution in [0.2, 0.25) is 0 Å². The third-order valence-corrected chi connectivity index (χ3v) is 11.1. The molecule has 0 unspecified atom stereocenters. The summed E-state index contributed by atoms with van der Waals surface area (Å²) in [5.74, 6) is 1.91. The van der Waals surface area contributed by atoms with Crippen molar-refractivity contribution in [3.63, 3.8) is 0 Å². The van der Waals surface area contributed by atoms with E-state index >= 15 is 0 Å². The molecule has 6 atom stereocenters. The van der Waals surface area contributed by atoms with Crippen molar-refractivity contribution in [2.45, 2.75) is 58.6 Å². The van der Waals surface area contributed by atoms with Gasteiger partial charge in [0.15, 0.2) is 5.13 Å². The van der Waals surface area contributed by atoms with Crippen LogP contribution < -0.4 is 5.32 Å². The van der Waals surface area contributed by atoms with Gasteiger partial charge in [0, 0.05) is 62.0 Å². The van der Waals surface area contributed by atoms with Crippen LogP contribution >= 0.6 is 11.3 Å². The number of rotatable bonds is 7. The van der Waals surface area contributed by atoms with Crippen LogP contribution in [-0.4, -0.2) is 89.5 Å². The summed E-state index contributed by atoms with van der Waals surface area (Å²) < 4.78 is 0. The quantitative estimate of drug-likeness (QED) is 0.475. The number of aromatic nitrogens is 1. The summed E-state index contributed by atoms with van der Waals surface area (Å²) in [5.41, 5.74) is 2.69. The maximum Gasteiger partial charge on any atom is 0.257 e. The smallest absolute Gasteiger partial charge is 0.257 e. The Hall–Kier alpha value is -2.77. The number of nitrogens with zero attached hydrogens (tertiary/aromatic N) is 4. The number of nitrogens with one attached hydrogen (secondary N) is 1. The third-order valence-electron chi connectivity index (χ3n) is 10.1. The van der Waals surface area contributed by atoms with E-state index in [0.29, 0.717) is 10.7 Å². The Balaban J connectivity index is 1.25. The summed E-state index contributed by atoms with van der Waals surface area (Å²) in [5, 5.41) is 15.3. The average Bonchev–Trinajstić information content (AvgIpc) is 3.35. The Labute approximate surface area is 254 Å². The molecule has 1 saturated carbocycles. The molecular weight excluding hydrogens is 546 g/mol. The number of carbonyl (C=O) groups is 2. The number of hydrogen-bond donors (Lipinski definition) is 2. The van der Waals surface area contributed by atoms with Gasteiger partial charge in [0.1, 0.15) is 0 Å². The van der Waals surface area contributed by atoms with Crippen LogP contribution in [0.5, 0.6) is 0 Å². The average molecular weight is 592 g/mol. The summed E-state index contributed by atoms with van der Waals surface area (Å²) in [6.45, 7) is 11.8. The number of likely N-dealkylation sites (N-methyl/N-ethyl adjacent to an activating group) is 1. The van der Waals surface area contributed by atoms with Crippen LogP contribution in [0.15, 0.2) is 24.3 Å². The zero-order chi connectivity index (χ0) is 30.2. The molecule has 1 aromatic heterocycles. The van der Waals surface area contributed by atoms with Crippen molar-refractivity contribution < 1.29 is 14.7 Å². The fraction of sp³-hybridized carbons (Fsp3) is 0.606. The predicted octanol–water partition coefficient (Wildman–Crippen LogP) is 3.92. The van der Waals surface area contributed by atoms with E-state index in [4.69, 9.17) is 11.4 Å². The Morgan fingerprint density at radius 2 is 1.95 bits per heavy atom. The van der Waals surface area contributed by atoms with Gasteiger partial charge in [-0.1, -0.05) is 38.8 Å². The molecule has 42 heavy (non-hydrogen) atoms. The number of benzene rings is 1. The van der Waals surface area contributed by atoms with Gasteiger partial charge in [0.05, 0.1) is 18.3 Å². The van der Waals surface area contributed by atoms with Crippen molar-refractivity contribution in [2.75, 3.05) is 52.1 Å². The zero-order valence-electron chi connectivity index (χ0n) is 25.6. The number of amides is 2. The van der Waals surface area contributed by atoms with Crippen molar-refractivity contribution in [1.29, 1.82) is 0 Å². The molecule has 1 aromatic carbocycles. The number of aliphatic hydroxyl groups excluding tert-OH is 1. The number of aliphatic hydroxyl groups is 1. The van der Waals surface area contributed by atoms with Crippen molar-refractivity contribution >= 4 is 28.3 Å². The van der Waals surface area contributed by atoms with Gasteiger partial charge in [0.2, 0.25) is 5.91 Å². The van der Waals surface area contributed by atoms with E-state index in [1.807, 2.05) is 31.2 Å². The van der Waals surface area contributed by atoms with Crippen LogP contribution in [0.4, 0.5) is 5.13 Å². The predicted molar refractivity (Wildman–Crippen MR) is 167 cm³/mol. The second-order valence-corrected chi connectivity index (χ2v) is 14.2. The highest BCUT2D eigenvalue weighted by molar-refractivity contribution is 7.15. The maximum atomic E-state index is 13.1. The number of piperazine rings is 1. The largest absolute Gasteiger partial charge is 0.392 e. The van der Waals surface area contributed by atoms with Gasteiger partial charge in [-0.15, -0.1) is 17.8 Å². The van der Waals surface area contributed by atoms with E-state index in [2.05, 4.69) is 41.9 Å². The molecular formula is C33H45N5O3S. The molecule has 2 heterocycles. The lowest BCUT2D eigenvalue weighted by Crippen LogP contribution is -2.53. The lowest BCUT2D eigenvalue weighted by atomic mass is 9.53. The second-order valence-electron chi connectivity index (χ2n) is 13.1.